The van der Waals surface area contributed by atoms with Crippen LogP contribution in [0.4, 0.5) is 10.1 Å². The van der Waals surface area contributed by atoms with E-state index >= 15 is 0 Å². The van der Waals surface area contributed by atoms with Crippen molar-refractivity contribution in [3.63, 3.8) is 0 Å². The predicted molar refractivity (Wildman–Crippen MR) is 91.4 cm³/mol. The second-order valence-electron chi connectivity index (χ2n) is 5.18. The zero-order valence-corrected chi connectivity index (χ0v) is 15.1. The van der Waals surface area contributed by atoms with Crippen LogP contribution >= 0.6 is 0 Å². The molecule has 2 aromatic carbocycles. The van der Waals surface area contributed by atoms with Gasteiger partial charge in [-0.3, -0.25) is 10.1 Å². The molecule has 0 fully saturated rings. The maximum Gasteiger partial charge on any atom is 0.341 e. The van der Waals surface area contributed by atoms with Crippen molar-refractivity contribution >= 4 is 21.7 Å². The molecule has 0 heterocycles. The maximum absolute atomic E-state index is 13.9. The van der Waals surface area contributed by atoms with Gasteiger partial charge in [0.1, 0.15) is 18.2 Å². The second-order valence-corrected chi connectivity index (χ2v) is 7.07. The second kappa shape index (κ2) is 8.10. The molecule has 0 radical (unpaired) electrons. The summed E-state index contributed by atoms with van der Waals surface area (Å²) in [6, 6.07) is 6.38. The van der Waals surface area contributed by atoms with E-state index in [4.69, 9.17) is 9.47 Å². The van der Waals surface area contributed by atoms with Gasteiger partial charge in [0.05, 0.1) is 22.5 Å². The first-order chi connectivity index (χ1) is 12.7. The molecule has 0 spiro atoms. The van der Waals surface area contributed by atoms with Gasteiger partial charge < -0.3 is 9.47 Å². The highest BCUT2D eigenvalue weighted by Crippen LogP contribution is 2.25. The molecule has 0 unspecified atom stereocenters. The van der Waals surface area contributed by atoms with Crippen molar-refractivity contribution in [2.45, 2.75) is 11.5 Å². The Bertz CT molecular complexity index is 992. The molecule has 0 aliphatic carbocycles. The third-order valence-electron chi connectivity index (χ3n) is 3.57. The quantitative estimate of drug-likeness (QED) is 0.430. The maximum atomic E-state index is 13.9. The molecule has 0 aromatic heterocycles. The number of nitrogens with zero attached hydrogens (tertiary/aromatic N) is 1. The Labute approximate surface area is 153 Å². The van der Waals surface area contributed by atoms with Crippen LogP contribution in [-0.4, -0.2) is 33.5 Å². The number of carbonyl (C=O) groups excluding carboxylic acids is 1. The van der Waals surface area contributed by atoms with Gasteiger partial charge in [0.15, 0.2) is 0 Å². The molecular weight excluding hydrogens is 383 g/mol. The predicted octanol–water partition coefficient (Wildman–Crippen LogP) is 2.01. The lowest BCUT2D eigenvalue weighted by Gasteiger charge is -2.10. The van der Waals surface area contributed by atoms with Gasteiger partial charge in [-0.1, -0.05) is 0 Å². The van der Waals surface area contributed by atoms with E-state index in [1.54, 1.807) is 0 Å². The van der Waals surface area contributed by atoms with Crippen LogP contribution in [-0.2, 0) is 21.4 Å². The minimum absolute atomic E-state index is 0.194. The van der Waals surface area contributed by atoms with E-state index in [1.165, 1.54) is 26.3 Å². The van der Waals surface area contributed by atoms with Crippen molar-refractivity contribution in [3.8, 4) is 5.75 Å². The molecule has 0 saturated carbocycles. The Hall–Kier alpha value is -3.05. The standard InChI is InChI=1S/C16H15FN2O7S/c1-18-27(23,24)12-4-5-14(17)13(8-12)16(20)26-9-10-7-11(19(21)22)3-6-15(10)25-2/h3-8,18H,9H2,1-2H3. The van der Waals surface area contributed by atoms with Crippen molar-refractivity contribution in [2.24, 2.45) is 0 Å². The summed E-state index contributed by atoms with van der Waals surface area (Å²) in [5.41, 5.74) is -0.634. The summed E-state index contributed by atoms with van der Waals surface area (Å²) in [5, 5.41) is 10.9. The first-order valence-corrected chi connectivity index (χ1v) is 8.89. The summed E-state index contributed by atoms with van der Waals surface area (Å²) >= 11 is 0. The lowest BCUT2D eigenvalue weighted by atomic mass is 10.2. The lowest BCUT2D eigenvalue weighted by Crippen LogP contribution is -2.19. The number of ether oxygens (including phenoxy) is 2. The fraction of sp³-hybridized carbons (Fsp3) is 0.188. The fourth-order valence-electron chi connectivity index (χ4n) is 2.16. The molecule has 11 heteroatoms. The number of non-ortho nitro benzene ring substituents is 1. The largest absolute Gasteiger partial charge is 0.496 e. The molecule has 2 rings (SSSR count). The molecule has 0 amide bonds. The molecule has 2 aromatic rings. The van der Waals surface area contributed by atoms with Gasteiger partial charge >= 0.3 is 5.97 Å². The SMILES string of the molecule is CNS(=O)(=O)c1ccc(F)c(C(=O)OCc2cc([N+](=O)[O-])ccc2OC)c1. The molecule has 0 aliphatic rings. The first-order valence-electron chi connectivity index (χ1n) is 7.41. The number of rotatable bonds is 7. The summed E-state index contributed by atoms with van der Waals surface area (Å²) in [5.74, 6) is -1.87. The fourth-order valence-corrected chi connectivity index (χ4v) is 2.91. The summed E-state index contributed by atoms with van der Waals surface area (Å²) in [7, 11) is -1.38. The summed E-state index contributed by atoms with van der Waals surface area (Å²) in [6.45, 7) is -0.438. The van der Waals surface area contributed by atoms with Gasteiger partial charge in [0.2, 0.25) is 10.0 Å². The number of benzene rings is 2. The number of nitro groups is 1. The summed E-state index contributed by atoms with van der Waals surface area (Å²) in [6.07, 6.45) is 0. The van der Waals surface area contributed by atoms with Gasteiger partial charge in [-0.05, 0) is 31.3 Å². The van der Waals surface area contributed by atoms with Crippen LogP contribution in [0.25, 0.3) is 0 Å². The Morgan fingerprint density at radius 3 is 2.56 bits per heavy atom. The highest BCUT2D eigenvalue weighted by molar-refractivity contribution is 7.89. The average Bonchev–Trinajstić information content (AvgIpc) is 2.65. The number of nitro benzene ring substituents is 1. The minimum atomic E-state index is -3.88. The molecule has 1 N–H and O–H groups in total. The van der Waals surface area contributed by atoms with Gasteiger partial charge in [0, 0.05) is 17.7 Å². The first kappa shape index (κ1) is 20.3. The Morgan fingerprint density at radius 1 is 1.26 bits per heavy atom. The highest BCUT2D eigenvalue weighted by atomic mass is 32.2. The third kappa shape index (κ3) is 4.57. The topological polar surface area (TPSA) is 125 Å². The van der Waals surface area contributed by atoms with Crippen LogP contribution in [0, 0.1) is 15.9 Å². The summed E-state index contributed by atoms with van der Waals surface area (Å²) in [4.78, 5) is 22.1. The summed E-state index contributed by atoms with van der Waals surface area (Å²) < 4.78 is 49.6. The average molecular weight is 398 g/mol. The van der Waals surface area contributed by atoms with Crippen LogP contribution in [0.2, 0.25) is 0 Å². The van der Waals surface area contributed by atoms with Gasteiger partial charge in [-0.15, -0.1) is 0 Å². The van der Waals surface area contributed by atoms with Crippen LogP contribution < -0.4 is 9.46 Å². The van der Waals surface area contributed by atoms with Crippen molar-refractivity contribution in [3.05, 3.63) is 63.5 Å². The van der Waals surface area contributed by atoms with E-state index in [9.17, 15) is 27.7 Å². The Morgan fingerprint density at radius 2 is 1.96 bits per heavy atom. The van der Waals surface area contributed by atoms with Crippen LogP contribution in [0.1, 0.15) is 15.9 Å². The molecule has 9 nitrogen and oxygen atoms in total. The Kier molecular flexibility index (Phi) is 6.08. The molecule has 0 atom stereocenters. The molecular formula is C16H15FN2O7S. The monoisotopic (exact) mass is 398 g/mol. The van der Waals surface area contributed by atoms with Crippen molar-refractivity contribution < 1.29 is 32.0 Å². The minimum Gasteiger partial charge on any atom is -0.496 e. The number of carbonyl (C=O) groups is 1. The van der Waals surface area contributed by atoms with E-state index in [0.717, 1.165) is 24.3 Å². The van der Waals surface area contributed by atoms with Gasteiger partial charge in [-0.2, -0.15) is 0 Å². The number of hydrogen-bond acceptors (Lipinski definition) is 7. The Balaban J connectivity index is 2.27. The zero-order chi connectivity index (χ0) is 20.2. The van der Waals surface area contributed by atoms with Gasteiger partial charge in [-0.25, -0.2) is 22.3 Å². The number of halogens is 1. The van der Waals surface area contributed by atoms with E-state index in [1.807, 2.05) is 0 Å². The van der Waals surface area contributed by atoms with Crippen molar-refractivity contribution in [2.75, 3.05) is 14.2 Å². The van der Waals surface area contributed by atoms with Crippen molar-refractivity contribution in [1.82, 2.24) is 4.72 Å². The number of hydrogen-bond donors (Lipinski definition) is 1. The smallest absolute Gasteiger partial charge is 0.341 e. The lowest BCUT2D eigenvalue weighted by molar-refractivity contribution is -0.385. The third-order valence-corrected chi connectivity index (χ3v) is 4.98. The molecule has 144 valence electrons. The molecule has 0 saturated heterocycles. The molecule has 0 aliphatic heterocycles. The normalized spacial score (nSPS) is 11.1. The van der Waals surface area contributed by atoms with Gasteiger partial charge in [0.25, 0.3) is 5.69 Å². The van der Waals surface area contributed by atoms with E-state index in [0.29, 0.717) is 0 Å². The number of esters is 1. The van der Waals surface area contributed by atoms with Crippen molar-refractivity contribution in [1.29, 1.82) is 0 Å². The highest BCUT2D eigenvalue weighted by Gasteiger charge is 2.20. The van der Waals surface area contributed by atoms with Crippen LogP contribution in [0.5, 0.6) is 5.75 Å². The molecule has 27 heavy (non-hydrogen) atoms. The van der Waals surface area contributed by atoms with E-state index in [-0.39, 0.29) is 21.9 Å². The number of methoxy groups -OCH3 is 1. The van der Waals surface area contributed by atoms with E-state index in [2.05, 4.69) is 4.72 Å². The number of sulfonamides is 1. The van der Waals surface area contributed by atoms with Crippen LogP contribution in [0.15, 0.2) is 41.3 Å². The number of nitrogens with one attached hydrogen (secondary N) is 1. The van der Waals surface area contributed by atoms with E-state index < -0.39 is 38.9 Å². The van der Waals surface area contributed by atoms with Crippen LogP contribution in [0.3, 0.4) is 0 Å². The molecule has 0 bridgehead atoms. The zero-order valence-electron chi connectivity index (χ0n) is 14.3.